The van der Waals surface area contributed by atoms with Crippen molar-refractivity contribution in [2.24, 2.45) is 0 Å². The molecule has 4 rings (SSSR count). The summed E-state index contributed by atoms with van der Waals surface area (Å²) in [6.07, 6.45) is 0.812. The average Bonchev–Trinajstić information content (AvgIpc) is 2.92. The second-order valence-electron chi connectivity index (χ2n) is 5.61. The first-order chi connectivity index (χ1) is 12.2. The van der Waals surface area contributed by atoms with Crippen LogP contribution in [0.3, 0.4) is 0 Å². The average molecular weight is 361 g/mol. The molecule has 2 heterocycles. The predicted octanol–water partition coefficient (Wildman–Crippen LogP) is 3.34. The number of nitrogens with zero attached hydrogens (tertiary/aromatic N) is 4. The fourth-order valence-electron chi connectivity index (χ4n) is 2.56. The van der Waals surface area contributed by atoms with Crippen molar-refractivity contribution in [2.75, 3.05) is 13.2 Å². The molecule has 0 spiro atoms. The maximum absolute atomic E-state index is 13.0. The maximum atomic E-state index is 13.0. The van der Waals surface area contributed by atoms with Crippen LogP contribution in [0, 0.1) is 5.82 Å². The van der Waals surface area contributed by atoms with E-state index in [1.54, 1.807) is 18.2 Å². The summed E-state index contributed by atoms with van der Waals surface area (Å²) in [7, 11) is 0. The molecule has 0 unspecified atom stereocenters. The third-order valence-electron chi connectivity index (χ3n) is 3.74. The van der Waals surface area contributed by atoms with E-state index < -0.39 is 0 Å². The van der Waals surface area contributed by atoms with Gasteiger partial charge in [-0.25, -0.2) is 4.39 Å². The number of rotatable bonds is 3. The summed E-state index contributed by atoms with van der Waals surface area (Å²) in [5.74, 6) is 1.32. The highest BCUT2D eigenvalue weighted by Gasteiger charge is 2.16. The minimum Gasteiger partial charge on any atom is -0.489 e. The molecule has 25 heavy (non-hydrogen) atoms. The van der Waals surface area contributed by atoms with Gasteiger partial charge < -0.3 is 9.47 Å². The summed E-state index contributed by atoms with van der Waals surface area (Å²) in [6.45, 7) is 1.55. The summed E-state index contributed by atoms with van der Waals surface area (Å²) in [6, 6.07) is 9.62. The van der Waals surface area contributed by atoms with Crippen LogP contribution in [0.5, 0.6) is 11.5 Å². The zero-order valence-electron chi connectivity index (χ0n) is 13.2. The summed E-state index contributed by atoms with van der Waals surface area (Å²) in [5, 5.41) is 12.9. The number of ether oxygens (including phenoxy) is 2. The van der Waals surface area contributed by atoms with Crippen LogP contribution in [0.25, 0.3) is 11.4 Å². The number of fused-ring (bicyclic) bond motifs is 1. The minimum atomic E-state index is -0.307. The zero-order valence-corrected chi connectivity index (χ0v) is 13.9. The summed E-state index contributed by atoms with van der Waals surface area (Å²) in [4.78, 5) is 1.45. The van der Waals surface area contributed by atoms with Gasteiger partial charge in [-0.3, -0.25) is 0 Å². The Kier molecular flexibility index (Phi) is 4.23. The van der Waals surface area contributed by atoms with Crippen molar-refractivity contribution in [1.82, 2.24) is 20.2 Å². The highest BCUT2D eigenvalue weighted by Crippen LogP contribution is 2.38. The Morgan fingerprint density at radius 2 is 1.92 bits per heavy atom. The number of halogens is 2. The topological polar surface area (TPSA) is 62.1 Å². The molecule has 2 aromatic carbocycles. The van der Waals surface area contributed by atoms with Gasteiger partial charge in [-0.2, -0.15) is 4.80 Å². The Morgan fingerprint density at radius 3 is 2.76 bits per heavy atom. The number of hydrogen-bond acceptors (Lipinski definition) is 5. The normalized spacial score (nSPS) is 13.5. The van der Waals surface area contributed by atoms with Crippen molar-refractivity contribution in [1.29, 1.82) is 0 Å². The van der Waals surface area contributed by atoms with Gasteiger partial charge in [-0.05, 0) is 47.2 Å². The van der Waals surface area contributed by atoms with Gasteiger partial charge in [0.15, 0.2) is 11.5 Å². The van der Waals surface area contributed by atoms with Crippen LogP contribution in [0.2, 0.25) is 5.02 Å². The first-order valence-electron chi connectivity index (χ1n) is 7.81. The molecular formula is C17H14ClFN4O2. The molecule has 0 radical (unpaired) electrons. The van der Waals surface area contributed by atoms with E-state index in [1.807, 2.05) is 6.07 Å². The molecule has 128 valence electrons. The highest BCUT2D eigenvalue weighted by molar-refractivity contribution is 6.32. The second kappa shape index (κ2) is 6.68. The summed E-state index contributed by atoms with van der Waals surface area (Å²) in [5.41, 5.74) is 1.57. The molecule has 8 heteroatoms. The molecule has 0 fully saturated rings. The first-order valence-corrected chi connectivity index (χ1v) is 8.18. The number of tetrazole rings is 1. The summed E-state index contributed by atoms with van der Waals surface area (Å²) < 4.78 is 24.3. The van der Waals surface area contributed by atoms with E-state index in [0.29, 0.717) is 47.7 Å². The van der Waals surface area contributed by atoms with Crippen LogP contribution in [-0.2, 0) is 6.54 Å². The van der Waals surface area contributed by atoms with Crippen molar-refractivity contribution in [3.05, 3.63) is 52.8 Å². The molecule has 0 amide bonds. The zero-order chi connectivity index (χ0) is 17.2. The van der Waals surface area contributed by atoms with Crippen molar-refractivity contribution in [3.63, 3.8) is 0 Å². The molecule has 0 atom stereocenters. The van der Waals surface area contributed by atoms with Crippen LogP contribution in [0.1, 0.15) is 12.0 Å². The third-order valence-corrected chi connectivity index (χ3v) is 4.02. The van der Waals surface area contributed by atoms with Gasteiger partial charge in [0.05, 0.1) is 24.8 Å². The second-order valence-corrected chi connectivity index (χ2v) is 6.01. The molecule has 0 saturated carbocycles. The standard InChI is InChI=1S/C17H14ClFN4O2/c18-14-8-11(9-15-16(14)25-7-1-6-24-15)10-23-21-17(20-22-23)12-2-4-13(19)5-3-12/h2-5,8-9H,1,6-7,10H2. The lowest BCUT2D eigenvalue weighted by atomic mass is 10.2. The van der Waals surface area contributed by atoms with Gasteiger partial charge in [0.25, 0.3) is 0 Å². The van der Waals surface area contributed by atoms with Crippen molar-refractivity contribution in [2.45, 2.75) is 13.0 Å². The van der Waals surface area contributed by atoms with Gasteiger partial charge in [0.1, 0.15) is 5.82 Å². The van der Waals surface area contributed by atoms with Crippen LogP contribution in [0.15, 0.2) is 36.4 Å². The van der Waals surface area contributed by atoms with Gasteiger partial charge in [-0.1, -0.05) is 11.6 Å². The van der Waals surface area contributed by atoms with E-state index in [-0.39, 0.29) is 5.82 Å². The molecular weight excluding hydrogens is 347 g/mol. The Bertz CT molecular complexity index is 898. The Hall–Kier alpha value is -2.67. The van der Waals surface area contributed by atoms with Crippen LogP contribution in [-0.4, -0.2) is 33.4 Å². The smallest absolute Gasteiger partial charge is 0.204 e. The molecule has 0 N–H and O–H groups in total. The van der Waals surface area contributed by atoms with Crippen molar-refractivity contribution >= 4 is 11.6 Å². The highest BCUT2D eigenvalue weighted by atomic mass is 35.5. The molecule has 0 aliphatic carbocycles. The fraction of sp³-hybridized carbons (Fsp3) is 0.235. The van der Waals surface area contributed by atoms with Gasteiger partial charge in [0, 0.05) is 12.0 Å². The van der Waals surface area contributed by atoms with E-state index in [0.717, 1.165) is 12.0 Å². The Morgan fingerprint density at radius 1 is 1.12 bits per heavy atom. The molecule has 3 aromatic rings. The lowest BCUT2D eigenvalue weighted by molar-refractivity contribution is 0.297. The molecule has 1 aliphatic rings. The van der Waals surface area contributed by atoms with Gasteiger partial charge in [0.2, 0.25) is 5.82 Å². The van der Waals surface area contributed by atoms with Gasteiger partial charge >= 0.3 is 0 Å². The van der Waals surface area contributed by atoms with Gasteiger partial charge in [-0.15, -0.1) is 10.2 Å². The number of benzene rings is 2. The monoisotopic (exact) mass is 360 g/mol. The quantitative estimate of drug-likeness (QED) is 0.716. The van der Waals surface area contributed by atoms with Crippen molar-refractivity contribution < 1.29 is 13.9 Å². The Balaban J connectivity index is 1.57. The van der Waals surface area contributed by atoms with E-state index in [2.05, 4.69) is 15.4 Å². The minimum absolute atomic E-state index is 0.307. The Labute approximate surface area is 148 Å². The molecule has 1 aliphatic heterocycles. The van der Waals surface area contributed by atoms with E-state index >= 15 is 0 Å². The predicted molar refractivity (Wildman–Crippen MR) is 89.4 cm³/mol. The van der Waals surface area contributed by atoms with E-state index in [1.165, 1.54) is 16.9 Å². The lowest BCUT2D eigenvalue weighted by Crippen LogP contribution is -2.05. The van der Waals surface area contributed by atoms with Crippen LogP contribution >= 0.6 is 11.6 Å². The largest absolute Gasteiger partial charge is 0.489 e. The fourth-order valence-corrected chi connectivity index (χ4v) is 2.85. The SMILES string of the molecule is Fc1ccc(-c2nnn(Cc3cc(Cl)c4c(c3)OCCCO4)n2)cc1. The van der Waals surface area contributed by atoms with Crippen molar-refractivity contribution in [3.8, 4) is 22.9 Å². The molecule has 0 bridgehead atoms. The van der Waals surface area contributed by atoms with Crippen LogP contribution in [0.4, 0.5) is 4.39 Å². The maximum Gasteiger partial charge on any atom is 0.204 e. The van der Waals surface area contributed by atoms with Crippen LogP contribution < -0.4 is 9.47 Å². The number of hydrogen-bond donors (Lipinski definition) is 0. The molecule has 1 aromatic heterocycles. The van der Waals surface area contributed by atoms with E-state index in [4.69, 9.17) is 21.1 Å². The van der Waals surface area contributed by atoms with E-state index in [9.17, 15) is 4.39 Å². The first kappa shape index (κ1) is 15.8. The molecule has 6 nitrogen and oxygen atoms in total. The third kappa shape index (κ3) is 3.41. The lowest BCUT2D eigenvalue weighted by Gasteiger charge is -2.11. The molecule has 0 saturated heterocycles. The summed E-state index contributed by atoms with van der Waals surface area (Å²) >= 11 is 6.30. The number of aromatic nitrogens is 4.